The Balaban J connectivity index is 1.69. The van der Waals surface area contributed by atoms with Gasteiger partial charge in [-0.15, -0.1) is 0 Å². The minimum Gasteiger partial charge on any atom is -0.451 e. The number of carbonyl (C=O) groups excluding carboxylic acids is 2. The summed E-state index contributed by atoms with van der Waals surface area (Å²) in [6, 6.07) is 8.16. The zero-order valence-corrected chi connectivity index (χ0v) is 13.3. The van der Waals surface area contributed by atoms with Crippen molar-refractivity contribution in [2.45, 2.75) is 0 Å². The highest BCUT2D eigenvalue weighted by molar-refractivity contribution is 9.10. The molecule has 0 saturated heterocycles. The number of halogens is 2. The van der Waals surface area contributed by atoms with E-state index in [2.05, 4.69) is 31.8 Å². The molecule has 0 unspecified atom stereocenters. The highest BCUT2D eigenvalue weighted by Crippen LogP contribution is 2.22. The van der Waals surface area contributed by atoms with Crippen LogP contribution in [0, 0.1) is 0 Å². The summed E-state index contributed by atoms with van der Waals surface area (Å²) in [5.74, 6) is -0.963. The number of hydrazine groups is 1. The van der Waals surface area contributed by atoms with Gasteiger partial charge in [0.15, 0.2) is 5.76 Å². The molecule has 0 aliphatic heterocycles. The van der Waals surface area contributed by atoms with Crippen molar-refractivity contribution in [3.05, 3.63) is 57.5 Å². The van der Waals surface area contributed by atoms with Gasteiger partial charge in [-0.25, -0.2) is 0 Å². The Hall–Kier alpha value is -2.25. The summed E-state index contributed by atoms with van der Waals surface area (Å²) < 4.78 is 6.12. The number of hydrogen-bond donors (Lipinski definition) is 3. The molecular formula is C14H9BrClN3O3. The van der Waals surface area contributed by atoms with E-state index in [0.29, 0.717) is 21.7 Å². The van der Waals surface area contributed by atoms with Crippen molar-refractivity contribution in [3.63, 3.8) is 0 Å². The molecule has 6 nitrogen and oxygen atoms in total. The van der Waals surface area contributed by atoms with Crippen molar-refractivity contribution in [1.82, 2.24) is 15.8 Å². The molecule has 0 atom stereocenters. The first-order valence-electron chi connectivity index (χ1n) is 6.16. The molecule has 2 amide bonds. The maximum atomic E-state index is 12.0. The number of carbonyl (C=O) groups is 2. The van der Waals surface area contributed by atoms with Gasteiger partial charge in [0.1, 0.15) is 11.3 Å². The maximum absolute atomic E-state index is 12.0. The third-order valence-electron chi connectivity index (χ3n) is 2.88. The average Bonchev–Trinajstić information content (AvgIpc) is 3.10. The molecule has 3 rings (SSSR count). The summed E-state index contributed by atoms with van der Waals surface area (Å²) >= 11 is 9.09. The van der Waals surface area contributed by atoms with Crippen molar-refractivity contribution in [1.29, 1.82) is 0 Å². The minimum atomic E-state index is -0.564. The topological polar surface area (TPSA) is 87.1 Å². The smallest absolute Gasteiger partial charge is 0.305 e. The first-order chi connectivity index (χ1) is 10.5. The fourth-order valence-electron chi connectivity index (χ4n) is 1.87. The molecule has 0 radical (unpaired) electrons. The van der Waals surface area contributed by atoms with Crippen LogP contribution in [0.2, 0.25) is 5.02 Å². The molecule has 0 bridgehead atoms. The van der Waals surface area contributed by atoms with Gasteiger partial charge < -0.3 is 9.40 Å². The predicted molar refractivity (Wildman–Crippen MR) is 84.6 cm³/mol. The molecule has 0 aliphatic rings. The number of nitrogens with one attached hydrogen (secondary N) is 3. The molecule has 0 fully saturated rings. The number of fused-ring (bicyclic) bond motifs is 1. The Morgan fingerprint density at radius 2 is 1.91 bits per heavy atom. The number of hydrogen-bond acceptors (Lipinski definition) is 3. The summed E-state index contributed by atoms with van der Waals surface area (Å²) in [6.45, 7) is 0. The van der Waals surface area contributed by atoms with Crippen molar-refractivity contribution < 1.29 is 14.0 Å². The molecule has 0 aliphatic carbocycles. The number of rotatable bonds is 2. The highest BCUT2D eigenvalue weighted by atomic mass is 79.9. The lowest BCUT2D eigenvalue weighted by Crippen LogP contribution is -2.41. The fraction of sp³-hybridized carbons (Fsp3) is 0. The number of aromatic amines is 1. The molecular weight excluding hydrogens is 374 g/mol. The Morgan fingerprint density at radius 1 is 1.14 bits per heavy atom. The Bertz CT molecular complexity index is 871. The van der Waals surface area contributed by atoms with Crippen LogP contribution in [0.5, 0.6) is 0 Å². The second kappa shape index (κ2) is 5.86. The normalized spacial score (nSPS) is 10.6. The van der Waals surface area contributed by atoms with E-state index in [1.54, 1.807) is 36.5 Å². The third-order valence-corrected chi connectivity index (χ3v) is 3.58. The van der Waals surface area contributed by atoms with Crippen LogP contribution in [0.1, 0.15) is 21.0 Å². The standard InChI is InChI=1S/C14H9BrClN3O3/c15-8-5-10(17-6-8)13(20)18-19-14(21)12-4-7-3-9(16)1-2-11(7)22-12/h1-6,17H,(H,18,20)(H,19,21). The van der Waals surface area contributed by atoms with Crippen LogP contribution in [0.25, 0.3) is 11.0 Å². The zero-order chi connectivity index (χ0) is 15.7. The number of amides is 2. The van der Waals surface area contributed by atoms with E-state index in [1.807, 2.05) is 0 Å². The van der Waals surface area contributed by atoms with Gasteiger partial charge in [0.25, 0.3) is 5.91 Å². The summed E-state index contributed by atoms with van der Waals surface area (Å²) in [5, 5.41) is 1.25. The van der Waals surface area contributed by atoms with Crippen LogP contribution in [0.3, 0.4) is 0 Å². The first-order valence-corrected chi connectivity index (χ1v) is 7.34. The second-order valence-corrected chi connectivity index (χ2v) is 5.78. The highest BCUT2D eigenvalue weighted by Gasteiger charge is 2.14. The monoisotopic (exact) mass is 381 g/mol. The number of furan rings is 1. The molecule has 1 aromatic carbocycles. The molecule has 0 saturated carbocycles. The van der Waals surface area contributed by atoms with Crippen LogP contribution in [0.4, 0.5) is 0 Å². The predicted octanol–water partition coefficient (Wildman–Crippen LogP) is 3.25. The Kier molecular flexibility index (Phi) is 3.91. The number of benzene rings is 1. The van der Waals surface area contributed by atoms with Gasteiger partial charge in [-0.2, -0.15) is 0 Å². The Morgan fingerprint density at radius 3 is 2.64 bits per heavy atom. The third kappa shape index (κ3) is 3.00. The molecule has 3 aromatic rings. The summed E-state index contributed by atoms with van der Waals surface area (Å²) in [4.78, 5) is 26.5. The van der Waals surface area contributed by atoms with Crippen LogP contribution in [0.15, 0.2) is 45.4 Å². The largest absolute Gasteiger partial charge is 0.451 e. The number of H-pyrrole nitrogens is 1. The van der Waals surface area contributed by atoms with Crippen LogP contribution in [-0.2, 0) is 0 Å². The molecule has 22 heavy (non-hydrogen) atoms. The van der Waals surface area contributed by atoms with Gasteiger partial charge in [0.2, 0.25) is 0 Å². The van der Waals surface area contributed by atoms with Gasteiger partial charge in [-0.3, -0.25) is 20.4 Å². The van der Waals surface area contributed by atoms with Crippen molar-refractivity contribution in [2.75, 3.05) is 0 Å². The quantitative estimate of drug-likeness (QED) is 0.595. The number of aromatic nitrogens is 1. The minimum absolute atomic E-state index is 0.0743. The van der Waals surface area contributed by atoms with E-state index >= 15 is 0 Å². The first kappa shape index (κ1) is 14.7. The van der Waals surface area contributed by atoms with Crippen LogP contribution in [-0.4, -0.2) is 16.8 Å². The summed E-state index contributed by atoms with van der Waals surface area (Å²) in [7, 11) is 0. The zero-order valence-electron chi connectivity index (χ0n) is 10.9. The van der Waals surface area contributed by atoms with E-state index in [0.717, 1.165) is 4.47 Å². The van der Waals surface area contributed by atoms with Gasteiger partial charge in [-0.1, -0.05) is 11.6 Å². The lowest BCUT2D eigenvalue weighted by Gasteiger charge is -2.03. The van der Waals surface area contributed by atoms with E-state index in [9.17, 15) is 9.59 Å². The van der Waals surface area contributed by atoms with Gasteiger partial charge in [0.05, 0.1) is 0 Å². The second-order valence-electron chi connectivity index (χ2n) is 4.43. The van der Waals surface area contributed by atoms with E-state index in [4.69, 9.17) is 16.0 Å². The molecule has 8 heteroatoms. The lowest BCUT2D eigenvalue weighted by molar-refractivity contribution is 0.0830. The average molecular weight is 383 g/mol. The van der Waals surface area contributed by atoms with Crippen LogP contribution < -0.4 is 10.9 Å². The molecule has 2 heterocycles. The van der Waals surface area contributed by atoms with Gasteiger partial charge >= 0.3 is 5.91 Å². The fourth-order valence-corrected chi connectivity index (χ4v) is 2.39. The molecule has 3 N–H and O–H groups in total. The van der Waals surface area contributed by atoms with Gasteiger partial charge in [0, 0.05) is 21.1 Å². The summed E-state index contributed by atoms with van der Waals surface area (Å²) in [5.41, 5.74) is 5.42. The van der Waals surface area contributed by atoms with Crippen molar-refractivity contribution >= 4 is 50.3 Å². The summed E-state index contributed by atoms with van der Waals surface area (Å²) in [6.07, 6.45) is 1.61. The molecule has 2 aromatic heterocycles. The Labute approximate surface area is 137 Å². The maximum Gasteiger partial charge on any atom is 0.305 e. The molecule has 0 spiro atoms. The van der Waals surface area contributed by atoms with Crippen molar-refractivity contribution in [3.8, 4) is 0 Å². The SMILES string of the molecule is O=C(NNC(=O)c1cc2cc(Cl)ccc2o1)c1cc(Br)c[nH]1. The van der Waals surface area contributed by atoms with Gasteiger partial charge in [-0.05, 0) is 46.3 Å². The van der Waals surface area contributed by atoms with E-state index < -0.39 is 11.8 Å². The van der Waals surface area contributed by atoms with Crippen LogP contribution >= 0.6 is 27.5 Å². The van der Waals surface area contributed by atoms with Crippen molar-refractivity contribution in [2.24, 2.45) is 0 Å². The van der Waals surface area contributed by atoms with E-state index in [-0.39, 0.29) is 5.76 Å². The lowest BCUT2D eigenvalue weighted by atomic mass is 10.2. The molecule has 112 valence electrons. The van der Waals surface area contributed by atoms with E-state index in [1.165, 1.54) is 0 Å².